The molecular formula is C26H45F3O. The highest BCUT2D eigenvalue weighted by Gasteiger charge is 2.37. The molecule has 0 aromatic rings. The highest BCUT2D eigenvalue weighted by molar-refractivity contribution is 4.90. The van der Waals surface area contributed by atoms with Gasteiger partial charge in [0.1, 0.15) is 0 Å². The van der Waals surface area contributed by atoms with Crippen molar-refractivity contribution < 1.29 is 17.9 Å². The first kappa shape index (κ1) is 27.3. The molecule has 0 saturated heterocycles. The minimum atomic E-state index is -4.47. The molecule has 0 spiro atoms. The second-order valence-electron chi connectivity index (χ2n) is 9.16. The Labute approximate surface area is 183 Å². The van der Waals surface area contributed by atoms with Crippen LogP contribution in [0.5, 0.6) is 0 Å². The van der Waals surface area contributed by atoms with E-state index in [-0.39, 0.29) is 0 Å². The number of rotatable bonds is 8. The van der Waals surface area contributed by atoms with E-state index in [0.29, 0.717) is 18.8 Å². The Kier molecular flexibility index (Phi) is 13.7. The van der Waals surface area contributed by atoms with Crippen LogP contribution in [-0.4, -0.2) is 12.5 Å². The zero-order valence-corrected chi connectivity index (χ0v) is 19.7. The van der Waals surface area contributed by atoms with Gasteiger partial charge in [0.25, 0.3) is 0 Å². The van der Waals surface area contributed by atoms with Crippen molar-refractivity contribution in [2.75, 3.05) is 0 Å². The Morgan fingerprint density at radius 1 is 0.800 bits per heavy atom. The molecule has 2 fully saturated rings. The fourth-order valence-corrected chi connectivity index (χ4v) is 5.30. The molecular weight excluding hydrogens is 385 g/mol. The van der Waals surface area contributed by atoms with Gasteiger partial charge in [0.2, 0.25) is 0 Å². The van der Waals surface area contributed by atoms with Gasteiger partial charge >= 0.3 is 6.36 Å². The lowest BCUT2D eigenvalue weighted by Gasteiger charge is -2.37. The van der Waals surface area contributed by atoms with Crippen LogP contribution < -0.4 is 0 Å². The van der Waals surface area contributed by atoms with Gasteiger partial charge < -0.3 is 0 Å². The fraction of sp³-hybridized carbons (Fsp3) is 0.846. The van der Waals surface area contributed by atoms with Crippen molar-refractivity contribution in [3.8, 4) is 0 Å². The van der Waals surface area contributed by atoms with Gasteiger partial charge in [-0.05, 0) is 102 Å². The maximum atomic E-state index is 12.2. The van der Waals surface area contributed by atoms with Crippen LogP contribution in [0.15, 0.2) is 24.3 Å². The summed E-state index contributed by atoms with van der Waals surface area (Å²) in [7, 11) is 0. The van der Waals surface area contributed by atoms with Crippen molar-refractivity contribution in [2.45, 2.75) is 117 Å². The van der Waals surface area contributed by atoms with Gasteiger partial charge in [0.05, 0.1) is 6.10 Å². The van der Waals surface area contributed by atoms with E-state index < -0.39 is 12.5 Å². The monoisotopic (exact) mass is 430 g/mol. The minimum Gasteiger partial charge on any atom is -0.289 e. The van der Waals surface area contributed by atoms with Crippen LogP contribution in [0.3, 0.4) is 0 Å². The Morgan fingerprint density at radius 2 is 1.30 bits per heavy atom. The molecule has 2 aliphatic rings. The molecule has 0 amide bonds. The van der Waals surface area contributed by atoms with Gasteiger partial charge in [-0.25, -0.2) is 0 Å². The summed E-state index contributed by atoms with van der Waals surface area (Å²) in [6, 6.07) is 0. The van der Waals surface area contributed by atoms with Gasteiger partial charge in [-0.1, -0.05) is 51.0 Å². The van der Waals surface area contributed by atoms with Crippen molar-refractivity contribution in [3.63, 3.8) is 0 Å². The third-order valence-electron chi connectivity index (χ3n) is 6.75. The predicted molar refractivity (Wildman–Crippen MR) is 121 cm³/mol. The smallest absolute Gasteiger partial charge is 0.289 e. The SMILES string of the molecule is C/C=C/C(CCC)CCC.C/C=C/C1CCC(C2CCC(OC(F)(F)F)CC2)CC1. The summed E-state index contributed by atoms with van der Waals surface area (Å²) < 4.78 is 40.7. The topological polar surface area (TPSA) is 9.23 Å². The average Bonchev–Trinajstić information content (AvgIpc) is 2.70. The molecule has 0 aliphatic heterocycles. The summed E-state index contributed by atoms with van der Waals surface area (Å²) in [6.07, 6.45) is 17.1. The van der Waals surface area contributed by atoms with Crippen LogP contribution in [0.25, 0.3) is 0 Å². The summed E-state index contributed by atoms with van der Waals surface area (Å²) >= 11 is 0. The van der Waals surface area contributed by atoms with Crippen molar-refractivity contribution >= 4 is 0 Å². The van der Waals surface area contributed by atoms with Crippen molar-refractivity contribution in [3.05, 3.63) is 24.3 Å². The van der Waals surface area contributed by atoms with Gasteiger partial charge in [-0.2, -0.15) is 0 Å². The van der Waals surface area contributed by atoms with E-state index in [0.717, 1.165) is 30.6 Å². The van der Waals surface area contributed by atoms with Crippen LogP contribution in [0.2, 0.25) is 0 Å². The van der Waals surface area contributed by atoms with Crippen LogP contribution in [-0.2, 0) is 4.74 Å². The molecule has 4 heteroatoms. The number of alkyl halides is 3. The summed E-state index contributed by atoms with van der Waals surface area (Å²) in [5.41, 5.74) is 0. The number of halogens is 3. The van der Waals surface area contributed by atoms with Gasteiger partial charge in [0.15, 0.2) is 0 Å². The summed E-state index contributed by atoms with van der Waals surface area (Å²) in [6.45, 7) is 8.69. The largest absolute Gasteiger partial charge is 0.522 e. The third kappa shape index (κ3) is 11.6. The highest BCUT2D eigenvalue weighted by Crippen LogP contribution is 2.41. The average molecular weight is 431 g/mol. The van der Waals surface area contributed by atoms with E-state index in [1.807, 2.05) is 0 Å². The number of hydrogen-bond acceptors (Lipinski definition) is 1. The molecule has 0 radical (unpaired) electrons. The molecule has 30 heavy (non-hydrogen) atoms. The van der Waals surface area contributed by atoms with Gasteiger partial charge in [-0.3, -0.25) is 4.74 Å². The second kappa shape index (κ2) is 15.1. The maximum Gasteiger partial charge on any atom is 0.522 e. The van der Waals surface area contributed by atoms with Gasteiger partial charge in [-0.15, -0.1) is 13.2 Å². The summed E-state index contributed by atoms with van der Waals surface area (Å²) in [4.78, 5) is 0. The minimum absolute atomic E-state index is 0.568. The van der Waals surface area contributed by atoms with Crippen LogP contribution in [0.4, 0.5) is 13.2 Å². The Bertz CT molecular complexity index is 461. The summed E-state index contributed by atoms with van der Waals surface area (Å²) in [5.74, 6) is 2.92. The predicted octanol–water partition coefficient (Wildman–Crippen LogP) is 9.24. The third-order valence-corrected chi connectivity index (χ3v) is 6.75. The molecule has 1 nitrogen and oxygen atoms in total. The zero-order valence-electron chi connectivity index (χ0n) is 19.7. The molecule has 176 valence electrons. The van der Waals surface area contributed by atoms with Crippen molar-refractivity contribution in [2.24, 2.45) is 23.7 Å². The first-order chi connectivity index (χ1) is 14.3. The molecule has 0 unspecified atom stereocenters. The Hall–Kier alpha value is -0.770. The molecule has 0 bridgehead atoms. The molecule has 0 aromatic heterocycles. The molecule has 0 aromatic carbocycles. The van der Waals surface area contributed by atoms with Crippen LogP contribution >= 0.6 is 0 Å². The lowest BCUT2D eigenvalue weighted by molar-refractivity contribution is -0.346. The lowest BCUT2D eigenvalue weighted by Crippen LogP contribution is -2.31. The number of ether oxygens (including phenoxy) is 1. The molecule has 2 saturated carbocycles. The molecule has 2 aliphatic carbocycles. The maximum absolute atomic E-state index is 12.2. The molecule has 0 heterocycles. The van der Waals surface area contributed by atoms with E-state index in [1.165, 1.54) is 51.4 Å². The van der Waals surface area contributed by atoms with E-state index in [2.05, 4.69) is 56.7 Å². The number of allylic oxidation sites excluding steroid dienone is 4. The highest BCUT2D eigenvalue weighted by atomic mass is 19.4. The van der Waals surface area contributed by atoms with E-state index in [1.54, 1.807) is 0 Å². The van der Waals surface area contributed by atoms with E-state index >= 15 is 0 Å². The first-order valence-electron chi connectivity index (χ1n) is 12.3. The van der Waals surface area contributed by atoms with Crippen molar-refractivity contribution in [1.29, 1.82) is 0 Å². The normalized spacial score (nSPS) is 28.1. The molecule has 2 rings (SSSR count). The Balaban J connectivity index is 0.000000382. The first-order valence-corrected chi connectivity index (χ1v) is 12.3. The quantitative estimate of drug-likeness (QED) is 0.349. The zero-order chi connectivity index (χ0) is 22.4. The van der Waals surface area contributed by atoms with Crippen LogP contribution in [0.1, 0.15) is 105 Å². The lowest BCUT2D eigenvalue weighted by atomic mass is 9.70. The van der Waals surface area contributed by atoms with E-state index in [9.17, 15) is 13.2 Å². The second-order valence-corrected chi connectivity index (χ2v) is 9.16. The fourth-order valence-electron chi connectivity index (χ4n) is 5.30. The van der Waals surface area contributed by atoms with E-state index in [4.69, 9.17) is 0 Å². The van der Waals surface area contributed by atoms with Gasteiger partial charge in [0, 0.05) is 0 Å². The standard InChI is InChI=1S/C16H25F3O.C10H20/c1-2-3-12-4-6-13(7-5-12)14-8-10-15(11-9-14)20-16(17,18)19;1-4-7-10(8-5-2)9-6-3/h2-3,12-15H,4-11H2,1H3;4,7,10H,5-6,8-9H2,1-3H3/b3-2+;7-4+. The Morgan fingerprint density at radius 3 is 1.70 bits per heavy atom. The summed E-state index contributed by atoms with van der Waals surface area (Å²) in [5, 5.41) is 0. The molecule has 0 N–H and O–H groups in total. The van der Waals surface area contributed by atoms with Crippen LogP contribution in [0, 0.1) is 23.7 Å². The van der Waals surface area contributed by atoms with Crippen molar-refractivity contribution in [1.82, 2.24) is 0 Å². The number of hydrogen-bond donors (Lipinski definition) is 0. The molecule has 0 atom stereocenters.